The first kappa shape index (κ1) is 19.7. The van der Waals surface area contributed by atoms with Crippen LogP contribution in [0.5, 0.6) is 0 Å². The minimum absolute atomic E-state index is 0.351. The number of aromatic amines is 1. The van der Waals surface area contributed by atoms with Crippen LogP contribution in [0.4, 0.5) is 0 Å². The number of nitrogens with one attached hydrogen (secondary N) is 2. The van der Waals surface area contributed by atoms with Crippen LogP contribution in [0.2, 0.25) is 0 Å². The molecule has 30 heavy (non-hydrogen) atoms. The number of aliphatic hydroxyl groups is 1. The van der Waals surface area contributed by atoms with E-state index in [2.05, 4.69) is 58.2 Å². The molecule has 0 aliphatic carbocycles. The van der Waals surface area contributed by atoms with Gasteiger partial charge in [-0.3, -0.25) is 4.90 Å². The number of hydrogen-bond donors (Lipinski definition) is 3. The van der Waals surface area contributed by atoms with Gasteiger partial charge in [0.1, 0.15) is 12.6 Å². The van der Waals surface area contributed by atoms with Gasteiger partial charge in [0.2, 0.25) is 0 Å². The minimum atomic E-state index is -0.550. The van der Waals surface area contributed by atoms with Crippen LogP contribution in [-0.2, 0) is 0 Å². The SMILES string of the molecule is CN[C@H]1CCN(C(O)c2cc3[nH]c(-c4cc(C)c5ncnn5c4)c(C(C)C)c3s2)C1. The molecule has 0 radical (unpaired) electrons. The van der Waals surface area contributed by atoms with E-state index < -0.39 is 6.23 Å². The van der Waals surface area contributed by atoms with Crippen molar-refractivity contribution in [3.63, 3.8) is 0 Å². The summed E-state index contributed by atoms with van der Waals surface area (Å²) in [6.07, 6.45) is 4.15. The highest BCUT2D eigenvalue weighted by molar-refractivity contribution is 7.19. The number of aryl methyl sites for hydroxylation is 1. The van der Waals surface area contributed by atoms with Gasteiger partial charge in [-0.05, 0) is 49.6 Å². The molecule has 158 valence electrons. The average molecular weight is 425 g/mol. The zero-order chi connectivity index (χ0) is 21.0. The summed E-state index contributed by atoms with van der Waals surface area (Å²) in [5.41, 5.74) is 6.60. The molecule has 0 aromatic carbocycles. The zero-order valence-electron chi connectivity index (χ0n) is 17.8. The summed E-state index contributed by atoms with van der Waals surface area (Å²) in [7, 11) is 1.99. The number of aliphatic hydroxyl groups excluding tert-OH is 1. The third-order valence-electron chi connectivity index (χ3n) is 6.18. The van der Waals surface area contributed by atoms with Crippen molar-refractivity contribution in [2.45, 2.75) is 45.4 Å². The van der Waals surface area contributed by atoms with Gasteiger partial charge in [-0.25, -0.2) is 9.50 Å². The number of pyridine rings is 1. The fraction of sp³-hybridized carbons (Fsp3) is 0.455. The quantitative estimate of drug-likeness (QED) is 0.456. The second-order valence-electron chi connectivity index (χ2n) is 8.54. The number of likely N-dealkylation sites (tertiary alicyclic amines) is 1. The second-order valence-corrected chi connectivity index (χ2v) is 9.63. The Balaban J connectivity index is 1.56. The van der Waals surface area contributed by atoms with E-state index in [1.165, 1.54) is 10.3 Å². The average Bonchev–Trinajstić information content (AvgIpc) is 3.48. The number of hydrogen-bond acceptors (Lipinski definition) is 6. The molecule has 0 saturated carbocycles. The Labute approximate surface area is 179 Å². The number of nitrogens with zero attached hydrogens (tertiary/aromatic N) is 4. The van der Waals surface area contributed by atoms with Crippen LogP contribution < -0.4 is 5.32 Å². The van der Waals surface area contributed by atoms with Crippen molar-refractivity contribution in [1.29, 1.82) is 0 Å². The lowest BCUT2D eigenvalue weighted by Crippen LogP contribution is -2.31. The van der Waals surface area contributed by atoms with Crippen molar-refractivity contribution in [3.05, 3.63) is 40.7 Å². The molecule has 5 rings (SSSR count). The molecule has 8 heteroatoms. The number of likely N-dealkylation sites (N-methyl/N-ethyl adjacent to an activating group) is 1. The predicted molar refractivity (Wildman–Crippen MR) is 121 cm³/mol. The molecule has 1 fully saturated rings. The summed E-state index contributed by atoms with van der Waals surface area (Å²) < 4.78 is 3.07. The van der Waals surface area contributed by atoms with Crippen molar-refractivity contribution in [3.8, 4) is 11.3 Å². The first-order valence-electron chi connectivity index (χ1n) is 10.5. The Morgan fingerprint density at radius 3 is 2.90 bits per heavy atom. The van der Waals surface area contributed by atoms with Crippen LogP contribution >= 0.6 is 11.3 Å². The molecule has 7 nitrogen and oxygen atoms in total. The van der Waals surface area contributed by atoms with Gasteiger partial charge in [0, 0.05) is 30.9 Å². The lowest BCUT2D eigenvalue weighted by Gasteiger charge is -2.21. The van der Waals surface area contributed by atoms with Crippen LogP contribution in [0.1, 0.15) is 48.4 Å². The maximum Gasteiger partial charge on any atom is 0.158 e. The molecule has 0 bridgehead atoms. The van der Waals surface area contributed by atoms with Crippen molar-refractivity contribution in [1.82, 2.24) is 29.8 Å². The van der Waals surface area contributed by atoms with E-state index in [0.717, 1.165) is 52.4 Å². The largest absolute Gasteiger partial charge is 0.373 e. The van der Waals surface area contributed by atoms with Gasteiger partial charge in [-0.2, -0.15) is 5.10 Å². The van der Waals surface area contributed by atoms with Gasteiger partial charge >= 0.3 is 0 Å². The summed E-state index contributed by atoms with van der Waals surface area (Å²) >= 11 is 1.70. The Morgan fingerprint density at radius 1 is 1.33 bits per heavy atom. The monoisotopic (exact) mass is 424 g/mol. The van der Waals surface area contributed by atoms with E-state index in [9.17, 15) is 5.11 Å². The van der Waals surface area contributed by atoms with E-state index in [0.29, 0.717) is 12.0 Å². The van der Waals surface area contributed by atoms with Crippen molar-refractivity contribution >= 4 is 27.2 Å². The molecule has 0 amide bonds. The van der Waals surface area contributed by atoms with Crippen LogP contribution in [0, 0.1) is 6.92 Å². The summed E-state index contributed by atoms with van der Waals surface area (Å²) in [4.78, 5) is 11.1. The Kier molecular flexibility index (Phi) is 4.89. The summed E-state index contributed by atoms with van der Waals surface area (Å²) in [5.74, 6) is 0.351. The molecular formula is C22H28N6OS. The van der Waals surface area contributed by atoms with Gasteiger partial charge in [0.25, 0.3) is 0 Å². The van der Waals surface area contributed by atoms with E-state index in [1.54, 1.807) is 17.7 Å². The number of aromatic nitrogens is 4. The van der Waals surface area contributed by atoms with Gasteiger partial charge in [0.15, 0.2) is 5.65 Å². The van der Waals surface area contributed by atoms with Crippen molar-refractivity contribution in [2.24, 2.45) is 0 Å². The third-order valence-corrected chi connectivity index (χ3v) is 7.39. The van der Waals surface area contributed by atoms with Gasteiger partial charge in [0.05, 0.1) is 20.8 Å². The summed E-state index contributed by atoms with van der Waals surface area (Å²) in [6, 6.07) is 4.74. The minimum Gasteiger partial charge on any atom is -0.373 e. The van der Waals surface area contributed by atoms with Gasteiger partial charge in [-0.1, -0.05) is 13.8 Å². The number of H-pyrrole nitrogens is 1. The fourth-order valence-corrected chi connectivity index (χ4v) is 5.91. The Hall–Kier alpha value is -2.26. The molecular weight excluding hydrogens is 396 g/mol. The highest BCUT2D eigenvalue weighted by Crippen LogP contribution is 2.42. The molecule has 0 spiro atoms. The van der Waals surface area contributed by atoms with Crippen molar-refractivity contribution in [2.75, 3.05) is 20.1 Å². The maximum atomic E-state index is 11.0. The van der Waals surface area contributed by atoms with Gasteiger partial charge in [-0.15, -0.1) is 11.3 Å². The normalized spacial score (nSPS) is 18.9. The molecule has 4 aromatic rings. The Morgan fingerprint density at radius 2 is 2.17 bits per heavy atom. The lowest BCUT2D eigenvalue weighted by atomic mass is 9.99. The van der Waals surface area contributed by atoms with Crippen molar-refractivity contribution < 1.29 is 5.11 Å². The zero-order valence-corrected chi connectivity index (χ0v) is 18.6. The molecule has 5 heterocycles. The molecule has 1 unspecified atom stereocenters. The van der Waals surface area contributed by atoms with Crippen LogP contribution in [0.15, 0.2) is 24.7 Å². The van der Waals surface area contributed by atoms with Crippen LogP contribution in [-0.4, -0.2) is 55.8 Å². The molecule has 1 aliphatic rings. The van der Waals surface area contributed by atoms with E-state index >= 15 is 0 Å². The van der Waals surface area contributed by atoms with Gasteiger partial charge < -0.3 is 15.4 Å². The third kappa shape index (κ3) is 3.15. The van der Waals surface area contributed by atoms with E-state index in [4.69, 9.17) is 0 Å². The topological polar surface area (TPSA) is 81.5 Å². The number of fused-ring (bicyclic) bond motifs is 2. The number of thiophene rings is 1. The predicted octanol–water partition coefficient (Wildman–Crippen LogP) is 3.66. The van der Waals surface area contributed by atoms with Crippen LogP contribution in [0.25, 0.3) is 27.1 Å². The van der Waals surface area contributed by atoms with E-state index in [-0.39, 0.29) is 0 Å². The number of rotatable bonds is 5. The second kappa shape index (κ2) is 7.46. The summed E-state index contributed by atoms with van der Waals surface area (Å²) in [6.45, 7) is 8.30. The molecule has 2 atom stereocenters. The van der Waals surface area contributed by atoms with E-state index in [1.807, 2.05) is 17.8 Å². The molecule has 1 aliphatic heterocycles. The lowest BCUT2D eigenvalue weighted by molar-refractivity contribution is 0.0206. The first-order valence-corrected chi connectivity index (χ1v) is 11.3. The summed E-state index contributed by atoms with van der Waals surface area (Å²) in [5, 5.41) is 18.6. The highest BCUT2D eigenvalue weighted by Gasteiger charge is 2.29. The Bertz CT molecular complexity index is 1210. The molecule has 1 saturated heterocycles. The fourth-order valence-electron chi connectivity index (χ4n) is 4.58. The first-order chi connectivity index (χ1) is 14.5. The standard InChI is InChI=1S/C22H28N6OS/c1-12(2)18-19(14-7-13(3)21-24-11-25-28(21)9-14)26-16-8-17(30-20(16)18)22(29)27-6-5-15(10-27)23-4/h7-9,11-12,15,22-23,26,29H,5-6,10H2,1-4H3/t15-,22?/m0/s1. The highest BCUT2D eigenvalue weighted by atomic mass is 32.1. The molecule has 3 N–H and O–H groups in total. The maximum absolute atomic E-state index is 11.0. The molecule has 4 aromatic heterocycles. The smallest absolute Gasteiger partial charge is 0.158 e. The van der Waals surface area contributed by atoms with Crippen LogP contribution in [0.3, 0.4) is 0 Å².